The van der Waals surface area contributed by atoms with Gasteiger partial charge in [0, 0.05) is 11.8 Å². The maximum atomic E-state index is 13.0. The fourth-order valence-electron chi connectivity index (χ4n) is 2.11. The molecular weight excluding hydrogens is 399 g/mol. The van der Waals surface area contributed by atoms with Crippen LogP contribution in [-0.2, 0) is 16.7 Å². The average Bonchev–Trinajstić information content (AvgIpc) is 2.59. The Labute approximate surface area is 162 Å². The van der Waals surface area contributed by atoms with E-state index in [1.165, 1.54) is 31.2 Å². The molecule has 1 unspecified atom stereocenters. The highest BCUT2D eigenvalue weighted by atomic mass is 32.2. The van der Waals surface area contributed by atoms with Crippen molar-refractivity contribution >= 4 is 35.1 Å². The maximum Gasteiger partial charge on any atom is 0.418 e. The number of carbonyl (C=O) groups excluding carboxylic acids is 1. The van der Waals surface area contributed by atoms with Crippen molar-refractivity contribution in [3.05, 3.63) is 51.9 Å². The van der Waals surface area contributed by atoms with Gasteiger partial charge >= 0.3 is 6.18 Å². The number of amides is 1. The lowest BCUT2D eigenvalue weighted by Crippen LogP contribution is -2.25. The Morgan fingerprint density at radius 1 is 1.33 bits per heavy atom. The van der Waals surface area contributed by atoms with E-state index in [-0.39, 0.29) is 16.4 Å². The van der Waals surface area contributed by atoms with Crippen LogP contribution < -0.4 is 10.9 Å². The van der Waals surface area contributed by atoms with Gasteiger partial charge in [-0.25, -0.2) is 4.98 Å². The van der Waals surface area contributed by atoms with E-state index < -0.39 is 22.9 Å². The summed E-state index contributed by atoms with van der Waals surface area (Å²) in [6.45, 7) is 3.52. The van der Waals surface area contributed by atoms with Crippen molar-refractivity contribution in [2.45, 2.75) is 36.2 Å². The molecule has 10 heteroatoms. The number of rotatable bonds is 7. The first-order chi connectivity index (χ1) is 12.7. The molecule has 1 amide bonds. The molecule has 0 bridgehead atoms. The van der Waals surface area contributed by atoms with Crippen molar-refractivity contribution in [3.8, 4) is 0 Å². The normalized spacial score (nSPS) is 12.6. The molecule has 0 radical (unpaired) electrons. The van der Waals surface area contributed by atoms with Crippen molar-refractivity contribution in [1.82, 2.24) is 9.97 Å². The Balaban J connectivity index is 2.11. The van der Waals surface area contributed by atoms with E-state index in [4.69, 9.17) is 0 Å². The zero-order chi connectivity index (χ0) is 20.0. The van der Waals surface area contributed by atoms with E-state index in [1.54, 1.807) is 11.8 Å². The summed E-state index contributed by atoms with van der Waals surface area (Å²) in [5.41, 5.74) is -0.977. The van der Waals surface area contributed by atoms with E-state index >= 15 is 0 Å². The smallest absolute Gasteiger partial charge is 0.325 e. The lowest BCUT2D eigenvalue weighted by molar-refractivity contribution is -0.137. The Hall–Kier alpha value is -1.94. The minimum Gasteiger partial charge on any atom is -0.325 e. The maximum absolute atomic E-state index is 13.0. The second-order valence-corrected chi connectivity index (χ2v) is 8.08. The fourth-order valence-corrected chi connectivity index (χ4v) is 3.51. The predicted molar refractivity (Wildman–Crippen MR) is 102 cm³/mol. The number of carbonyl (C=O) groups is 1. The molecule has 1 heterocycles. The SMILES string of the molecule is CCSCc1cc(=O)[nH]c(SC(C)C(=O)Nc2ccccc2C(F)(F)F)n1. The molecule has 0 spiro atoms. The number of alkyl halides is 3. The molecule has 1 atom stereocenters. The van der Waals surface area contributed by atoms with Crippen LogP contribution in [0.1, 0.15) is 25.1 Å². The largest absolute Gasteiger partial charge is 0.418 e. The number of anilines is 1. The highest BCUT2D eigenvalue weighted by molar-refractivity contribution is 8.00. The van der Waals surface area contributed by atoms with Crippen LogP contribution in [0, 0.1) is 0 Å². The number of hydrogen-bond donors (Lipinski definition) is 2. The molecule has 0 saturated carbocycles. The molecule has 0 aliphatic carbocycles. The number of thioether (sulfide) groups is 2. The number of hydrogen-bond acceptors (Lipinski definition) is 5. The van der Waals surface area contributed by atoms with Crippen LogP contribution in [0.2, 0.25) is 0 Å². The van der Waals surface area contributed by atoms with Crippen molar-refractivity contribution in [1.29, 1.82) is 0 Å². The number of benzene rings is 1. The topological polar surface area (TPSA) is 74.8 Å². The van der Waals surface area contributed by atoms with Gasteiger partial charge in [0.1, 0.15) is 0 Å². The van der Waals surface area contributed by atoms with Crippen LogP contribution in [-0.4, -0.2) is 26.9 Å². The lowest BCUT2D eigenvalue weighted by Gasteiger charge is -2.16. The first-order valence-corrected chi connectivity index (χ1v) is 10.1. The first-order valence-electron chi connectivity index (χ1n) is 8.02. The summed E-state index contributed by atoms with van der Waals surface area (Å²) in [5, 5.41) is 1.79. The third kappa shape index (κ3) is 6.31. The number of aromatic nitrogens is 2. The summed E-state index contributed by atoms with van der Waals surface area (Å²) in [4.78, 5) is 30.9. The van der Waals surface area contributed by atoms with Gasteiger partial charge in [-0.15, -0.1) is 0 Å². The van der Waals surface area contributed by atoms with Crippen LogP contribution in [0.4, 0.5) is 18.9 Å². The van der Waals surface area contributed by atoms with Gasteiger partial charge in [0.05, 0.1) is 22.2 Å². The Morgan fingerprint density at radius 2 is 2.04 bits per heavy atom. The monoisotopic (exact) mass is 417 g/mol. The van der Waals surface area contributed by atoms with Crippen LogP contribution in [0.25, 0.3) is 0 Å². The Kier molecular flexibility index (Phi) is 7.37. The molecule has 5 nitrogen and oxygen atoms in total. The lowest BCUT2D eigenvalue weighted by atomic mass is 10.1. The quantitative estimate of drug-likeness (QED) is 0.523. The van der Waals surface area contributed by atoms with Gasteiger partial charge in [-0.3, -0.25) is 9.59 Å². The Morgan fingerprint density at radius 3 is 2.70 bits per heavy atom. The van der Waals surface area contributed by atoms with Gasteiger partial charge in [0.25, 0.3) is 5.56 Å². The zero-order valence-corrected chi connectivity index (χ0v) is 16.2. The summed E-state index contributed by atoms with van der Waals surface area (Å²) in [5.74, 6) is 0.815. The van der Waals surface area contributed by atoms with Crippen molar-refractivity contribution < 1.29 is 18.0 Å². The highest BCUT2D eigenvalue weighted by Crippen LogP contribution is 2.35. The molecule has 0 aliphatic heterocycles. The molecular formula is C17H18F3N3O2S2. The fraction of sp³-hybridized carbons (Fsp3) is 0.353. The van der Waals surface area contributed by atoms with Crippen LogP contribution >= 0.6 is 23.5 Å². The molecule has 2 aromatic rings. The van der Waals surface area contributed by atoms with Crippen molar-refractivity contribution in [2.24, 2.45) is 0 Å². The van der Waals surface area contributed by atoms with Gasteiger partial charge in [0.2, 0.25) is 5.91 Å². The van der Waals surface area contributed by atoms with Crippen molar-refractivity contribution in [3.63, 3.8) is 0 Å². The summed E-state index contributed by atoms with van der Waals surface area (Å²) in [6, 6.07) is 6.15. The minimum absolute atomic E-state index is 0.251. The van der Waals surface area contributed by atoms with Gasteiger partial charge in [-0.05, 0) is 24.8 Å². The number of nitrogens with zero attached hydrogens (tertiary/aromatic N) is 1. The number of H-pyrrole nitrogens is 1. The molecule has 0 saturated heterocycles. The standard InChI is InChI=1S/C17H18F3N3O2S2/c1-3-26-9-11-8-14(24)23-16(21-11)27-10(2)15(25)22-13-7-5-4-6-12(13)17(18,19)20/h4-8,10H,3,9H2,1-2H3,(H,22,25)(H,21,23,24). The molecule has 27 heavy (non-hydrogen) atoms. The molecule has 1 aromatic carbocycles. The van der Waals surface area contributed by atoms with Crippen LogP contribution in [0.15, 0.2) is 40.3 Å². The molecule has 146 valence electrons. The highest BCUT2D eigenvalue weighted by Gasteiger charge is 2.34. The molecule has 0 aliphatic rings. The number of para-hydroxylation sites is 1. The summed E-state index contributed by atoms with van der Waals surface area (Å²) < 4.78 is 39.1. The Bertz CT molecular complexity index is 856. The van der Waals surface area contributed by atoms with Crippen LogP contribution in [0.5, 0.6) is 0 Å². The van der Waals surface area contributed by atoms with Crippen LogP contribution in [0.3, 0.4) is 0 Å². The number of halogens is 3. The summed E-state index contributed by atoms with van der Waals surface area (Å²) >= 11 is 2.58. The predicted octanol–water partition coefficient (Wildman–Crippen LogP) is 4.16. The van der Waals surface area contributed by atoms with Gasteiger partial charge in [-0.2, -0.15) is 24.9 Å². The van der Waals surface area contributed by atoms with Crippen molar-refractivity contribution in [2.75, 3.05) is 11.1 Å². The van der Waals surface area contributed by atoms with E-state index in [1.807, 2.05) is 6.92 Å². The third-order valence-electron chi connectivity index (χ3n) is 3.38. The second-order valence-electron chi connectivity index (χ2n) is 5.47. The molecule has 2 rings (SSSR count). The average molecular weight is 417 g/mol. The zero-order valence-electron chi connectivity index (χ0n) is 14.6. The van der Waals surface area contributed by atoms with Gasteiger partial charge < -0.3 is 10.3 Å². The third-order valence-corrected chi connectivity index (χ3v) is 5.27. The first kappa shape index (κ1) is 21.4. The summed E-state index contributed by atoms with van der Waals surface area (Å²) in [7, 11) is 0. The van der Waals surface area contributed by atoms with E-state index in [0.717, 1.165) is 23.6 Å². The number of nitrogens with one attached hydrogen (secondary N) is 2. The van der Waals surface area contributed by atoms with E-state index in [0.29, 0.717) is 11.4 Å². The second kappa shape index (κ2) is 9.32. The van der Waals surface area contributed by atoms with E-state index in [9.17, 15) is 22.8 Å². The van der Waals surface area contributed by atoms with E-state index in [2.05, 4.69) is 15.3 Å². The molecule has 2 N–H and O–H groups in total. The molecule has 1 aromatic heterocycles. The minimum atomic E-state index is -4.57. The molecule has 0 fully saturated rings. The van der Waals surface area contributed by atoms with Gasteiger partial charge in [-0.1, -0.05) is 30.8 Å². The van der Waals surface area contributed by atoms with Gasteiger partial charge in [0.15, 0.2) is 5.16 Å². The summed E-state index contributed by atoms with van der Waals surface area (Å²) in [6.07, 6.45) is -4.57. The number of aromatic amines is 1.